The van der Waals surface area contributed by atoms with Crippen LogP contribution in [0.25, 0.3) is 0 Å². The molecule has 0 aromatic rings. The monoisotopic (exact) mass is 205 g/mol. The van der Waals surface area contributed by atoms with E-state index in [1.165, 1.54) is 6.07 Å². The summed E-state index contributed by atoms with van der Waals surface area (Å²) in [5, 5.41) is 8.12. The predicted octanol–water partition coefficient (Wildman–Crippen LogP) is -0.124. The van der Waals surface area contributed by atoms with Gasteiger partial charge in [0.2, 0.25) is 0 Å². The van der Waals surface area contributed by atoms with E-state index in [1.54, 1.807) is 13.8 Å². The molecule has 0 aromatic heterocycles. The number of nitrogens with zero attached hydrogens (tertiary/aromatic N) is 1. The van der Waals surface area contributed by atoms with E-state index in [2.05, 4.69) is 4.74 Å². The van der Waals surface area contributed by atoms with Crippen molar-refractivity contribution in [2.45, 2.75) is 20.0 Å². The first-order valence-corrected chi connectivity index (χ1v) is 5.46. The lowest BCUT2D eigenvalue weighted by Crippen LogP contribution is -2.22. The van der Waals surface area contributed by atoms with Crippen LogP contribution in [0.5, 0.6) is 0 Å². The number of ether oxygens (including phenoxy) is 1. The number of hydrogen-bond acceptors (Lipinski definition) is 5. The summed E-state index contributed by atoms with van der Waals surface area (Å²) in [6.45, 7) is 3.24. The molecule has 74 valence electrons. The van der Waals surface area contributed by atoms with Crippen LogP contribution in [0.2, 0.25) is 0 Å². The smallest absolute Gasteiger partial charge is 0.321 e. The molecule has 0 bridgehead atoms. The standard InChI is InChI=1S/C7H11NO4S/c1-6(2)12-7(9)5-13(10,11)4-3-8/h6H,4-5H2,1-2H3. The van der Waals surface area contributed by atoms with Gasteiger partial charge in [0.15, 0.2) is 9.84 Å². The van der Waals surface area contributed by atoms with E-state index in [-0.39, 0.29) is 6.10 Å². The average molecular weight is 205 g/mol. The first-order chi connectivity index (χ1) is 5.87. The molecule has 0 N–H and O–H groups in total. The summed E-state index contributed by atoms with van der Waals surface area (Å²) in [5.41, 5.74) is 0. The van der Waals surface area contributed by atoms with Gasteiger partial charge in [-0.3, -0.25) is 4.79 Å². The van der Waals surface area contributed by atoms with Crippen molar-refractivity contribution in [2.75, 3.05) is 11.5 Å². The lowest BCUT2D eigenvalue weighted by atomic mass is 10.5. The number of rotatable bonds is 4. The molecule has 0 aliphatic rings. The van der Waals surface area contributed by atoms with Crippen LogP contribution in [0.15, 0.2) is 0 Å². The lowest BCUT2D eigenvalue weighted by Gasteiger charge is -2.06. The fourth-order valence-corrected chi connectivity index (χ4v) is 1.35. The largest absolute Gasteiger partial charge is 0.462 e. The Bertz CT molecular complexity index is 312. The molecule has 0 saturated carbocycles. The summed E-state index contributed by atoms with van der Waals surface area (Å²) in [6.07, 6.45) is -0.343. The van der Waals surface area contributed by atoms with Crippen molar-refractivity contribution in [3.63, 3.8) is 0 Å². The van der Waals surface area contributed by atoms with Crippen LogP contribution < -0.4 is 0 Å². The Morgan fingerprint density at radius 3 is 2.46 bits per heavy atom. The summed E-state index contributed by atoms with van der Waals surface area (Å²) in [7, 11) is -3.61. The van der Waals surface area contributed by atoms with Gasteiger partial charge in [0.05, 0.1) is 12.2 Å². The van der Waals surface area contributed by atoms with Crippen LogP contribution in [0.3, 0.4) is 0 Å². The van der Waals surface area contributed by atoms with Gasteiger partial charge in [-0.15, -0.1) is 0 Å². The third-order valence-electron chi connectivity index (χ3n) is 0.989. The van der Waals surface area contributed by atoms with Gasteiger partial charge in [-0.25, -0.2) is 8.42 Å². The van der Waals surface area contributed by atoms with Crippen molar-refractivity contribution >= 4 is 15.8 Å². The van der Waals surface area contributed by atoms with Crippen molar-refractivity contribution in [3.8, 4) is 6.07 Å². The lowest BCUT2D eigenvalue weighted by molar-refractivity contribution is -0.144. The Balaban J connectivity index is 4.15. The Labute approximate surface area is 77.2 Å². The highest BCUT2D eigenvalue weighted by molar-refractivity contribution is 7.92. The molecule has 0 heterocycles. The first kappa shape index (κ1) is 11.9. The number of carbonyl (C=O) groups is 1. The minimum atomic E-state index is -3.61. The second-order valence-corrected chi connectivity index (χ2v) is 4.79. The Kier molecular flexibility index (Phi) is 4.42. The molecule has 0 rings (SSSR count). The zero-order valence-electron chi connectivity index (χ0n) is 7.48. The summed E-state index contributed by atoms with van der Waals surface area (Å²) in [5.74, 6) is -2.19. The number of hydrogen-bond donors (Lipinski definition) is 0. The zero-order chi connectivity index (χ0) is 10.5. The summed E-state index contributed by atoms with van der Waals surface area (Å²) in [6, 6.07) is 1.47. The van der Waals surface area contributed by atoms with Gasteiger partial charge in [-0.2, -0.15) is 5.26 Å². The maximum atomic E-state index is 10.9. The molecule has 5 nitrogen and oxygen atoms in total. The van der Waals surface area contributed by atoms with Crippen molar-refractivity contribution in [1.29, 1.82) is 5.26 Å². The Hall–Kier alpha value is -1.09. The molecule has 0 spiro atoms. The molecule has 0 unspecified atom stereocenters. The summed E-state index contributed by atoms with van der Waals surface area (Å²) in [4.78, 5) is 10.8. The molecular weight excluding hydrogens is 194 g/mol. The van der Waals surface area contributed by atoms with Crippen molar-refractivity contribution in [2.24, 2.45) is 0 Å². The molecule has 0 amide bonds. The molecule has 0 saturated heterocycles. The molecule has 0 aliphatic heterocycles. The van der Waals surface area contributed by atoms with Crippen LogP contribution >= 0.6 is 0 Å². The SMILES string of the molecule is CC(C)OC(=O)CS(=O)(=O)CC#N. The normalized spacial score (nSPS) is 10.9. The minimum absolute atomic E-state index is 0.343. The minimum Gasteiger partial charge on any atom is -0.462 e. The molecule has 0 radical (unpaired) electrons. The van der Waals surface area contributed by atoms with Crippen molar-refractivity contribution in [3.05, 3.63) is 0 Å². The molecule has 0 aliphatic carbocycles. The van der Waals surface area contributed by atoms with E-state index in [0.717, 1.165) is 0 Å². The van der Waals surface area contributed by atoms with Crippen LogP contribution in [-0.2, 0) is 19.4 Å². The van der Waals surface area contributed by atoms with Crippen LogP contribution in [-0.4, -0.2) is 32.0 Å². The number of carbonyl (C=O) groups excluding carboxylic acids is 1. The molecular formula is C7H11NO4S. The number of esters is 1. The third kappa shape index (κ3) is 6.11. The van der Waals surface area contributed by atoms with Crippen LogP contribution in [0.1, 0.15) is 13.8 Å². The van der Waals surface area contributed by atoms with E-state index in [1.807, 2.05) is 0 Å². The molecule has 6 heteroatoms. The summed E-state index contributed by atoms with van der Waals surface area (Å²) >= 11 is 0. The Morgan fingerprint density at radius 1 is 1.54 bits per heavy atom. The maximum Gasteiger partial charge on any atom is 0.321 e. The topological polar surface area (TPSA) is 84.2 Å². The quantitative estimate of drug-likeness (QED) is 0.597. The fraction of sp³-hybridized carbons (Fsp3) is 0.714. The van der Waals surface area contributed by atoms with Gasteiger partial charge in [0.25, 0.3) is 0 Å². The number of nitriles is 1. The second kappa shape index (κ2) is 4.82. The zero-order valence-corrected chi connectivity index (χ0v) is 8.30. The van der Waals surface area contributed by atoms with Crippen molar-refractivity contribution in [1.82, 2.24) is 0 Å². The van der Waals surface area contributed by atoms with E-state index in [4.69, 9.17) is 5.26 Å². The van der Waals surface area contributed by atoms with Gasteiger partial charge in [-0.1, -0.05) is 0 Å². The highest BCUT2D eigenvalue weighted by Crippen LogP contribution is 1.95. The highest BCUT2D eigenvalue weighted by Gasteiger charge is 2.17. The van der Waals surface area contributed by atoms with E-state index in [9.17, 15) is 13.2 Å². The van der Waals surface area contributed by atoms with E-state index >= 15 is 0 Å². The van der Waals surface area contributed by atoms with Gasteiger partial charge in [0.1, 0.15) is 11.5 Å². The Morgan fingerprint density at radius 2 is 2.08 bits per heavy atom. The van der Waals surface area contributed by atoms with Gasteiger partial charge in [0, 0.05) is 0 Å². The van der Waals surface area contributed by atoms with Crippen LogP contribution in [0.4, 0.5) is 0 Å². The average Bonchev–Trinajstić information content (AvgIpc) is 1.81. The maximum absolute atomic E-state index is 10.9. The molecule has 13 heavy (non-hydrogen) atoms. The summed E-state index contributed by atoms with van der Waals surface area (Å²) < 4.78 is 26.4. The van der Waals surface area contributed by atoms with Gasteiger partial charge >= 0.3 is 5.97 Å². The van der Waals surface area contributed by atoms with Crippen molar-refractivity contribution < 1.29 is 17.9 Å². The van der Waals surface area contributed by atoms with Gasteiger partial charge < -0.3 is 4.74 Å². The van der Waals surface area contributed by atoms with E-state index < -0.39 is 27.3 Å². The highest BCUT2D eigenvalue weighted by atomic mass is 32.2. The molecule has 0 aromatic carbocycles. The first-order valence-electron chi connectivity index (χ1n) is 3.64. The van der Waals surface area contributed by atoms with Crippen LogP contribution in [0, 0.1) is 11.3 Å². The second-order valence-electron chi connectivity index (χ2n) is 2.73. The number of sulfone groups is 1. The molecule has 0 fully saturated rings. The van der Waals surface area contributed by atoms with E-state index in [0.29, 0.717) is 0 Å². The van der Waals surface area contributed by atoms with Gasteiger partial charge in [-0.05, 0) is 13.8 Å². The third-order valence-corrected chi connectivity index (χ3v) is 2.23. The fourth-order valence-electron chi connectivity index (χ4n) is 0.626. The predicted molar refractivity (Wildman–Crippen MR) is 45.5 cm³/mol. The molecule has 0 atom stereocenters.